The summed E-state index contributed by atoms with van der Waals surface area (Å²) in [6.07, 6.45) is 2.89. The summed E-state index contributed by atoms with van der Waals surface area (Å²) >= 11 is 0. The third-order valence-electron chi connectivity index (χ3n) is 3.21. The molecule has 0 unspecified atom stereocenters. The maximum absolute atomic E-state index is 8.79. The van der Waals surface area contributed by atoms with Gasteiger partial charge in [-0.15, -0.1) is 0 Å². The Labute approximate surface area is 96.8 Å². The van der Waals surface area contributed by atoms with Gasteiger partial charge in [-0.2, -0.15) is 5.26 Å². The van der Waals surface area contributed by atoms with Crippen LogP contribution in [0.5, 0.6) is 0 Å². The van der Waals surface area contributed by atoms with Crippen LogP contribution < -0.4 is 4.90 Å². The standard InChI is InChI=1S/C14H16N2/c1-11-3-4-14(9-12(11)2)16-7-5-13(10-15)6-8-16/h3-5,9H,6-8H2,1-2H3. The zero-order chi connectivity index (χ0) is 11.5. The predicted octanol–water partition coefficient (Wildman–Crippen LogP) is 2.96. The number of hydrogen-bond acceptors (Lipinski definition) is 2. The van der Waals surface area contributed by atoms with Gasteiger partial charge < -0.3 is 4.90 Å². The van der Waals surface area contributed by atoms with Gasteiger partial charge in [0.2, 0.25) is 0 Å². The van der Waals surface area contributed by atoms with Gasteiger partial charge in [-0.05, 0) is 43.5 Å². The second-order valence-corrected chi connectivity index (χ2v) is 4.31. The zero-order valence-electron chi connectivity index (χ0n) is 9.83. The highest BCUT2D eigenvalue weighted by molar-refractivity contribution is 5.52. The number of anilines is 1. The maximum Gasteiger partial charge on any atom is 0.0945 e. The Kier molecular flexibility index (Phi) is 2.96. The Bertz CT molecular complexity index is 466. The Morgan fingerprint density at radius 1 is 1.25 bits per heavy atom. The normalized spacial score (nSPS) is 15.6. The van der Waals surface area contributed by atoms with E-state index in [-0.39, 0.29) is 0 Å². The van der Waals surface area contributed by atoms with Crippen LogP contribution in [0.2, 0.25) is 0 Å². The average molecular weight is 212 g/mol. The molecule has 2 nitrogen and oxygen atoms in total. The van der Waals surface area contributed by atoms with Gasteiger partial charge in [-0.3, -0.25) is 0 Å². The lowest BCUT2D eigenvalue weighted by Crippen LogP contribution is -2.28. The molecule has 2 heteroatoms. The minimum atomic E-state index is 0.853. The topological polar surface area (TPSA) is 27.0 Å². The van der Waals surface area contributed by atoms with Crippen molar-refractivity contribution in [1.29, 1.82) is 5.26 Å². The lowest BCUT2D eigenvalue weighted by molar-refractivity contribution is 0.802. The Morgan fingerprint density at radius 2 is 2.06 bits per heavy atom. The number of aryl methyl sites for hydroxylation is 2. The lowest BCUT2D eigenvalue weighted by atomic mass is 10.1. The highest BCUT2D eigenvalue weighted by Gasteiger charge is 2.12. The van der Waals surface area contributed by atoms with Crippen LogP contribution in [0.25, 0.3) is 0 Å². The second-order valence-electron chi connectivity index (χ2n) is 4.31. The van der Waals surface area contributed by atoms with Gasteiger partial charge >= 0.3 is 0 Å². The number of nitrogens with zero attached hydrogens (tertiary/aromatic N) is 2. The first-order valence-corrected chi connectivity index (χ1v) is 5.62. The van der Waals surface area contributed by atoms with Crippen LogP contribution >= 0.6 is 0 Å². The lowest BCUT2D eigenvalue weighted by Gasteiger charge is -2.27. The number of rotatable bonds is 1. The molecule has 0 aromatic heterocycles. The number of hydrogen-bond donors (Lipinski definition) is 0. The van der Waals surface area contributed by atoms with Crippen LogP contribution in [0.1, 0.15) is 17.5 Å². The van der Waals surface area contributed by atoms with E-state index in [0.29, 0.717) is 0 Å². The van der Waals surface area contributed by atoms with Crippen molar-refractivity contribution >= 4 is 5.69 Å². The van der Waals surface area contributed by atoms with Gasteiger partial charge in [-0.1, -0.05) is 12.1 Å². The van der Waals surface area contributed by atoms with E-state index in [1.807, 2.05) is 6.08 Å². The second kappa shape index (κ2) is 4.40. The molecule has 82 valence electrons. The molecule has 0 atom stereocenters. The van der Waals surface area contributed by atoms with Crippen molar-refractivity contribution in [3.8, 4) is 6.07 Å². The molecule has 0 radical (unpaired) electrons. The molecule has 0 N–H and O–H groups in total. The molecular weight excluding hydrogens is 196 g/mol. The molecule has 2 rings (SSSR count). The van der Waals surface area contributed by atoms with Gasteiger partial charge in [0.1, 0.15) is 0 Å². The molecule has 0 amide bonds. The van der Waals surface area contributed by atoms with Crippen LogP contribution in [-0.2, 0) is 0 Å². The van der Waals surface area contributed by atoms with Gasteiger partial charge in [0.15, 0.2) is 0 Å². The zero-order valence-corrected chi connectivity index (χ0v) is 9.83. The molecule has 0 saturated heterocycles. The minimum Gasteiger partial charge on any atom is -0.367 e. The van der Waals surface area contributed by atoms with Crippen molar-refractivity contribution in [2.75, 3.05) is 18.0 Å². The number of nitriles is 1. The number of benzene rings is 1. The SMILES string of the molecule is Cc1ccc(N2CC=C(C#N)CC2)cc1C. The van der Waals surface area contributed by atoms with Crippen LogP contribution in [-0.4, -0.2) is 13.1 Å². The van der Waals surface area contributed by atoms with Crippen molar-refractivity contribution in [1.82, 2.24) is 0 Å². The molecule has 16 heavy (non-hydrogen) atoms. The van der Waals surface area contributed by atoms with Gasteiger partial charge in [0, 0.05) is 24.4 Å². The molecule has 0 spiro atoms. The molecule has 1 aromatic rings. The van der Waals surface area contributed by atoms with Crippen molar-refractivity contribution in [3.05, 3.63) is 41.0 Å². The van der Waals surface area contributed by atoms with Gasteiger partial charge in [0.25, 0.3) is 0 Å². The predicted molar refractivity (Wildman–Crippen MR) is 66.4 cm³/mol. The first kappa shape index (κ1) is 10.8. The summed E-state index contributed by atoms with van der Waals surface area (Å²) in [6, 6.07) is 8.77. The van der Waals surface area contributed by atoms with E-state index in [1.54, 1.807) is 0 Å². The molecule has 0 aliphatic carbocycles. The highest BCUT2D eigenvalue weighted by atomic mass is 15.1. The first-order valence-electron chi connectivity index (χ1n) is 5.62. The molecular formula is C14H16N2. The van der Waals surface area contributed by atoms with Gasteiger partial charge in [-0.25, -0.2) is 0 Å². The monoisotopic (exact) mass is 212 g/mol. The van der Waals surface area contributed by atoms with Crippen LogP contribution in [0.4, 0.5) is 5.69 Å². The fourth-order valence-electron chi connectivity index (χ4n) is 1.93. The smallest absolute Gasteiger partial charge is 0.0945 e. The molecule has 1 aromatic carbocycles. The maximum atomic E-state index is 8.79. The van der Waals surface area contributed by atoms with Gasteiger partial charge in [0.05, 0.1) is 6.07 Å². The van der Waals surface area contributed by atoms with Crippen LogP contribution in [0, 0.1) is 25.2 Å². The van der Waals surface area contributed by atoms with Crippen molar-refractivity contribution < 1.29 is 0 Å². The van der Waals surface area contributed by atoms with E-state index in [1.165, 1.54) is 16.8 Å². The van der Waals surface area contributed by atoms with E-state index >= 15 is 0 Å². The fraction of sp³-hybridized carbons (Fsp3) is 0.357. The molecule has 1 aliphatic rings. The Balaban J connectivity index is 2.18. The Hall–Kier alpha value is -1.75. The van der Waals surface area contributed by atoms with E-state index in [4.69, 9.17) is 5.26 Å². The van der Waals surface area contributed by atoms with E-state index in [9.17, 15) is 0 Å². The molecule has 1 heterocycles. The van der Waals surface area contributed by atoms with Crippen molar-refractivity contribution in [2.24, 2.45) is 0 Å². The quantitative estimate of drug-likeness (QED) is 0.715. The summed E-state index contributed by atoms with van der Waals surface area (Å²) in [7, 11) is 0. The highest BCUT2D eigenvalue weighted by Crippen LogP contribution is 2.22. The first-order chi connectivity index (χ1) is 7.70. The minimum absolute atomic E-state index is 0.853. The Morgan fingerprint density at radius 3 is 2.62 bits per heavy atom. The molecule has 0 fully saturated rings. The summed E-state index contributed by atoms with van der Waals surface area (Å²) in [6.45, 7) is 6.07. The molecule has 0 saturated carbocycles. The van der Waals surface area contributed by atoms with Crippen LogP contribution in [0.15, 0.2) is 29.8 Å². The summed E-state index contributed by atoms with van der Waals surface area (Å²) < 4.78 is 0. The van der Waals surface area contributed by atoms with Crippen molar-refractivity contribution in [3.63, 3.8) is 0 Å². The molecule has 1 aliphatic heterocycles. The summed E-state index contributed by atoms with van der Waals surface area (Å²) in [5.74, 6) is 0. The summed E-state index contributed by atoms with van der Waals surface area (Å²) in [4.78, 5) is 2.31. The summed E-state index contributed by atoms with van der Waals surface area (Å²) in [5.41, 5.74) is 4.83. The largest absolute Gasteiger partial charge is 0.367 e. The fourth-order valence-corrected chi connectivity index (χ4v) is 1.93. The van der Waals surface area contributed by atoms with E-state index in [0.717, 1.165) is 25.1 Å². The van der Waals surface area contributed by atoms with Crippen molar-refractivity contribution in [2.45, 2.75) is 20.3 Å². The summed E-state index contributed by atoms with van der Waals surface area (Å²) in [5, 5.41) is 8.79. The van der Waals surface area contributed by atoms with E-state index < -0.39 is 0 Å². The van der Waals surface area contributed by atoms with E-state index in [2.05, 4.69) is 43.0 Å². The van der Waals surface area contributed by atoms with Crippen LogP contribution in [0.3, 0.4) is 0 Å². The molecule has 0 bridgehead atoms. The third-order valence-corrected chi connectivity index (χ3v) is 3.21. The third kappa shape index (κ3) is 2.09. The average Bonchev–Trinajstić information content (AvgIpc) is 2.33.